The third kappa shape index (κ3) is 5.19. The van der Waals surface area contributed by atoms with Crippen molar-refractivity contribution < 1.29 is 9.53 Å². The number of esters is 1. The molecule has 0 bridgehead atoms. The highest BCUT2D eigenvalue weighted by Gasteiger charge is 2.11. The van der Waals surface area contributed by atoms with Gasteiger partial charge >= 0.3 is 5.97 Å². The molecule has 0 atom stereocenters. The first-order valence-electron chi connectivity index (χ1n) is 5.32. The van der Waals surface area contributed by atoms with Gasteiger partial charge in [0.15, 0.2) is 0 Å². The van der Waals surface area contributed by atoms with Crippen LogP contribution in [0.2, 0.25) is 0 Å². The van der Waals surface area contributed by atoms with Crippen LogP contribution in [0.5, 0.6) is 0 Å². The Bertz CT molecular complexity index is 371. The molecule has 4 nitrogen and oxygen atoms in total. The van der Waals surface area contributed by atoms with Gasteiger partial charge in [-0.15, -0.1) is 0 Å². The second-order valence-corrected chi connectivity index (χ2v) is 5.50. The minimum atomic E-state index is -0.361. The number of nitrogens with zero attached hydrogens (tertiary/aromatic N) is 1. The van der Waals surface area contributed by atoms with Crippen LogP contribution in [-0.2, 0) is 10.5 Å². The van der Waals surface area contributed by atoms with Crippen LogP contribution in [-0.4, -0.2) is 29.4 Å². The molecule has 0 radical (unpaired) electrons. The van der Waals surface area contributed by atoms with Gasteiger partial charge < -0.3 is 10.5 Å². The van der Waals surface area contributed by atoms with Gasteiger partial charge in [-0.1, -0.05) is 0 Å². The molecule has 0 amide bonds. The molecule has 17 heavy (non-hydrogen) atoms. The summed E-state index contributed by atoms with van der Waals surface area (Å²) in [7, 11) is 1.36. The highest BCUT2D eigenvalue weighted by molar-refractivity contribution is 7.98. The molecule has 94 valence electrons. The van der Waals surface area contributed by atoms with E-state index < -0.39 is 0 Å². The van der Waals surface area contributed by atoms with Crippen molar-refractivity contribution >= 4 is 17.7 Å². The molecule has 0 spiro atoms. The molecule has 0 aliphatic carbocycles. The van der Waals surface area contributed by atoms with Crippen molar-refractivity contribution in [2.24, 2.45) is 5.73 Å². The zero-order chi connectivity index (χ0) is 12.9. The lowest BCUT2D eigenvalue weighted by atomic mass is 10.1. The van der Waals surface area contributed by atoms with Gasteiger partial charge in [0.2, 0.25) is 0 Å². The van der Waals surface area contributed by atoms with Crippen LogP contribution in [0.1, 0.15) is 29.9 Å². The molecule has 0 aromatic carbocycles. The van der Waals surface area contributed by atoms with Crippen LogP contribution in [0.4, 0.5) is 0 Å². The van der Waals surface area contributed by atoms with E-state index in [-0.39, 0.29) is 11.5 Å². The number of aromatic nitrogens is 1. The first-order valence-corrected chi connectivity index (χ1v) is 6.48. The number of pyridine rings is 1. The number of thioether (sulfide) groups is 1. The van der Waals surface area contributed by atoms with Crippen LogP contribution in [0, 0.1) is 0 Å². The van der Waals surface area contributed by atoms with Crippen LogP contribution >= 0.6 is 11.8 Å². The van der Waals surface area contributed by atoms with Gasteiger partial charge in [0.05, 0.1) is 18.4 Å². The molecule has 0 saturated heterocycles. The number of nitrogens with two attached hydrogens (primary N) is 1. The van der Waals surface area contributed by atoms with E-state index in [1.165, 1.54) is 13.3 Å². The zero-order valence-corrected chi connectivity index (χ0v) is 11.2. The first-order chi connectivity index (χ1) is 7.92. The number of hydrogen-bond donors (Lipinski definition) is 1. The monoisotopic (exact) mass is 254 g/mol. The van der Waals surface area contributed by atoms with Gasteiger partial charge in [0.1, 0.15) is 0 Å². The van der Waals surface area contributed by atoms with E-state index in [4.69, 9.17) is 5.73 Å². The predicted octanol–water partition coefficient (Wildman–Crippen LogP) is 1.84. The Morgan fingerprint density at radius 1 is 1.53 bits per heavy atom. The maximum Gasteiger partial charge on any atom is 0.339 e. The largest absolute Gasteiger partial charge is 0.465 e. The van der Waals surface area contributed by atoms with Gasteiger partial charge in [-0.3, -0.25) is 4.98 Å². The fourth-order valence-corrected chi connectivity index (χ4v) is 2.18. The Kier molecular flexibility index (Phi) is 4.96. The average molecular weight is 254 g/mol. The average Bonchev–Trinajstić information content (AvgIpc) is 2.27. The number of carbonyl (C=O) groups excluding carboxylic acids is 1. The summed E-state index contributed by atoms with van der Waals surface area (Å²) in [6.07, 6.45) is 1.54. The van der Waals surface area contributed by atoms with E-state index in [0.717, 1.165) is 17.2 Å². The molecule has 1 rings (SSSR count). The lowest BCUT2D eigenvalue weighted by molar-refractivity contribution is 0.0600. The fraction of sp³-hybridized carbons (Fsp3) is 0.500. The van der Waals surface area contributed by atoms with Crippen LogP contribution in [0.3, 0.4) is 0 Å². The second kappa shape index (κ2) is 6.02. The third-order valence-electron chi connectivity index (χ3n) is 1.97. The van der Waals surface area contributed by atoms with Gasteiger partial charge in [-0.25, -0.2) is 4.79 Å². The summed E-state index contributed by atoms with van der Waals surface area (Å²) >= 11 is 1.73. The quantitative estimate of drug-likeness (QED) is 0.812. The van der Waals surface area contributed by atoms with Crippen molar-refractivity contribution in [1.29, 1.82) is 0 Å². The lowest BCUT2D eigenvalue weighted by Gasteiger charge is -2.17. The maximum absolute atomic E-state index is 11.2. The first kappa shape index (κ1) is 14.0. The van der Waals surface area contributed by atoms with E-state index in [0.29, 0.717) is 5.56 Å². The predicted molar refractivity (Wildman–Crippen MR) is 70.0 cm³/mol. The molecular weight excluding hydrogens is 236 g/mol. The van der Waals surface area contributed by atoms with Crippen molar-refractivity contribution in [3.05, 3.63) is 29.6 Å². The molecular formula is C12H18N2O2S. The number of methoxy groups -OCH3 is 1. The standard InChI is InChI=1S/C12H18N2O2S/c1-12(2,13)8-17-7-10-5-4-9(6-14-10)11(15)16-3/h4-6H,7-8,13H2,1-3H3. The maximum atomic E-state index is 11.2. The van der Waals surface area contributed by atoms with Crippen LogP contribution in [0.25, 0.3) is 0 Å². The number of carbonyl (C=O) groups is 1. The summed E-state index contributed by atoms with van der Waals surface area (Å²) < 4.78 is 4.60. The molecule has 1 aromatic rings. The van der Waals surface area contributed by atoms with Crippen molar-refractivity contribution in [3.63, 3.8) is 0 Å². The number of rotatable bonds is 5. The Balaban J connectivity index is 2.49. The Labute approximate surface area is 106 Å². The summed E-state index contributed by atoms with van der Waals surface area (Å²) in [6, 6.07) is 3.56. The second-order valence-electron chi connectivity index (χ2n) is 4.51. The zero-order valence-electron chi connectivity index (χ0n) is 10.4. The molecule has 5 heteroatoms. The highest BCUT2D eigenvalue weighted by Crippen LogP contribution is 2.15. The molecule has 0 fully saturated rings. The summed E-state index contributed by atoms with van der Waals surface area (Å²) in [5.74, 6) is 1.30. The SMILES string of the molecule is COC(=O)c1ccc(CSCC(C)(C)N)nc1. The lowest BCUT2D eigenvalue weighted by Crippen LogP contribution is -2.34. The van der Waals surface area contributed by atoms with Crippen LogP contribution in [0.15, 0.2) is 18.3 Å². The van der Waals surface area contributed by atoms with Crippen molar-refractivity contribution in [2.45, 2.75) is 25.1 Å². The van der Waals surface area contributed by atoms with Gasteiger partial charge in [-0.05, 0) is 26.0 Å². The molecule has 0 aliphatic rings. The molecule has 0 saturated carbocycles. The van der Waals surface area contributed by atoms with Gasteiger partial charge in [0, 0.05) is 23.2 Å². The third-order valence-corrected chi connectivity index (χ3v) is 3.42. The van der Waals surface area contributed by atoms with Crippen molar-refractivity contribution in [1.82, 2.24) is 4.98 Å². The summed E-state index contributed by atoms with van der Waals surface area (Å²) in [6.45, 7) is 3.99. The summed E-state index contributed by atoms with van der Waals surface area (Å²) in [5.41, 5.74) is 7.12. The Morgan fingerprint density at radius 3 is 2.71 bits per heavy atom. The van der Waals surface area contributed by atoms with E-state index in [1.54, 1.807) is 17.8 Å². The van der Waals surface area contributed by atoms with E-state index in [9.17, 15) is 4.79 Å². The topological polar surface area (TPSA) is 65.2 Å². The summed E-state index contributed by atoms with van der Waals surface area (Å²) in [4.78, 5) is 15.4. The number of ether oxygens (including phenoxy) is 1. The fourth-order valence-electron chi connectivity index (χ4n) is 1.17. The summed E-state index contributed by atoms with van der Waals surface area (Å²) in [5, 5.41) is 0. The Hall–Kier alpha value is -1.07. The van der Waals surface area contributed by atoms with Crippen molar-refractivity contribution in [3.8, 4) is 0 Å². The minimum absolute atomic E-state index is 0.170. The molecule has 1 heterocycles. The number of hydrogen-bond acceptors (Lipinski definition) is 5. The molecule has 0 unspecified atom stereocenters. The normalized spacial score (nSPS) is 11.3. The van der Waals surface area contributed by atoms with Crippen molar-refractivity contribution in [2.75, 3.05) is 12.9 Å². The molecule has 0 aliphatic heterocycles. The van der Waals surface area contributed by atoms with Crippen LogP contribution < -0.4 is 5.73 Å². The Morgan fingerprint density at radius 2 is 2.24 bits per heavy atom. The van der Waals surface area contributed by atoms with E-state index in [2.05, 4.69) is 9.72 Å². The van der Waals surface area contributed by atoms with Gasteiger partial charge in [-0.2, -0.15) is 11.8 Å². The van der Waals surface area contributed by atoms with E-state index >= 15 is 0 Å². The molecule has 2 N–H and O–H groups in total. The van der Waals surface area contributed by atoms with Gasteiger partial charge in [0.25, 0.3) is 0 Å². The minimum Gasteiger partial charge on any atom is -0.465 e. The van der Waals surface area contributed by atoms with E-state index in [1.807, 2.05) is 19.9 Å². The highest BCUT2D eigenvalue weighted by atomic mass is 32.2. The molecule has 1 aromatic heterocycles. The smallest absolute Gasteiger partial charge is 0.339 e.